The van der Waals surface area contributed by atoms with Crippen LogP contribution in [-0.2, 0) is 0 Å². The maximum atomic E-state index is 7.32. The van der Waals surface area contributed by atoms with E-state index in [0.29, 0.717) is 0 Å². The van der Waals surface area contributed by atoms with Gasteiger partial charge < -0.3 is 5.48 Å². The van der Waals surface area contributed by atoms with Crippen molar-refractivity contribution in [3.8, 4) is 6.07 Å². The summed E-state index contributed by atoms with van der Waals surface area (Å²) in [7, 11) is 0. The van der Waals surface area contributed by atoms with Gasteiger partial charge in [0.25, 0.3) is 0 Å². The van der Waals surface area contributed by atoms with Gasteiger partial charge in [0, 0.05) is 6.92 Å². The summed E-state index contributed by atoms with van der Waals surface area (Å²) < 4.78 is 0. The highest BCUT2D eigenvalue weighted by Gasteiger charge is 1.17. The smallest absolute Gasteiger partial charge is 0.0587 e. The largest absolute Gasteiger partial charge is 0.412 e. The molecule has 0 aromatic carbocycles. The van der Waals surface area contributed by atoms with E-state index in [1.807, 2.05) is 0 Å². The minimum absolute atomic E-state index is 0. The van der Waals surface area contributed by atoms with E-state index >= 15 is 0 Å². The van der Waals surface area contributed by atoms with Crippen LogP contribution >= 0.6 is 26.9 Å². The molecule has 4 heteroatoms. The average Bonchev–Trinajstić information content (AvgIpc) is 0.918. The monoisotopic (exact) mass is 173 g/mol. The van der Waals surface area contributed by atoms with Gasteiger partial charge in [0.05, 0.1) is 6.07 Å². The van der Waals surface area contributed by atoms with Crippen LogP contribution in [0.3, 0.4) is 0 Å². The molecular formula is C2H9BrNOP. The van der Waals surface area contributed by atoms with Gasteiger partial charge in [-0.3, -0.25) is 0 Å². The molecule has 0 aliphatic rings. The van der Waals surface area contributed by atoms with Crippen LogP contribution in [0.2, 0.25) is 0 Å². The molecule has 0 rings (SSSR count). The van der Waals surface area contributed by atoms with E-state index in [2.05, 4.69) is 0 Å². The lowest BCUT2D eigenvalue weighted by molar-refractivity contribution is 0.824. The summed E-state index contributed by atoms with van der Waals surface area (Å²) in [6, 6.07) is 1.75. The first kappa shape index (κ1) is 32.8. The summed E-state index contributed by atoms with van der Waals surface area (Å²) in [5.74, 6) is 0. The van der Waals surface area contributed by atoms with Crippen LogP contribution in [-0.4, -0.2) is 5.48 Å². The molecule has 0 heterocycles. The zero-order valence-corrected chi connectivity index (χ0v) is 6.69. The van der Waals surface area contributed by atoms with Crippen LogP contribution in [0.1, 0.15) is 6.92 Å². The minimum atomic E-state index is 0. The van der Waals surface area contributed by atoms with E-state index in [9.17, 15) is 0 Å². The Bertz CT molecular complexity index is 35.0. The second-order valence-electron chi connectivity index (χ2n) is 0.224. The molecule has 0 fully saturated rings. The molecule has 0 aliphatic carbocycles. The van der Waals surface area contributed by atoms with Crippen molar-refractivity contribution in [1.82, 2.24) is 0 Å². The van der Waals surface area contributed by atoms with Gasteiger partial charge in [-0.2, -0.15) is 15.2 Å². The fourth-order valence-corrected chi connectivity index (χ4v) is 0. The van der Waals surface area contributed by atoms with E-state index in [0.717, 1.165) is 0 Å². The Morgan fingerprint density at radius 2 is 1.50 bits per heavy atom. The van der Waals surface area contributed by atoms with Crippen molar-refractivity contribution >= 4 is 26.9 Å². The topological polar surface area (TPSA) is 55.3 Å². The molecule has 0 saturated carbocycles. The van der Waals surface area contributed by atoms with E-state index in [1.165, 1.54) is 6.92 Å². The Hall–Kier alpha value is 0.360. The third-order valence-electron chi connectivity index (χ3n) is 0. The summed E-state index contributed by atoms with van der Waals surface area (Å²) in [4.78, 5) is 0. The lowest BCUT2D eigenvalue weighted by Gasteiger charge is -1.15. The van der Waals surface area contributed by atoms with Gasteiger partial charge in [-0.25, -0.2) is 0 Å². The molecule has 0 bridgehead atoms. The van der Waals surface area contributed by atoms with E-state index in [4.69, 9.17) is 5.26 Å². The predicted octanol–water partition coefficient (Wildman–Crippen LogP) is 0.341. The number of nitriles is 1. The van der Waals surface area contributed by atoms with Crippen LogP contribution in [0.25, 0.3) is 0 Å². The summed E-state index contributed by atoms with van der Waals surface area (Å²) in [5.41, 5.74) is 0. The lowest BCUT2D eigenvalue weighted by Crippen LogP contribution is -1.10. The van der Waals surface area contributed by atoms with Gasteiger partial charge in [0.1, 0.15) is 0 Å². The molecule has 6 heavy (non-hydrogen) atoms. The predicted molar refractivity (Wildman–Crippen MR) is 36.3 cm³/mol. The molecular weight excluding hydrogens is 165 g/mol. The first-order valence-corrected chi connectivity index (χ1v) is 0.724. The van der Waals surface area contributed by atoms with Gasteiger partial charge in [-0.1, -0.05) is 0 Å². The standard InChI is InChI=1S/C2H3N.BrH.H2O.H3P/c1-2-3;;;/h1H3;1H;1H2;1H3. The third-order valence-corrected chi connectivity index (χ3v) is 0. The van der Waals surface area contributed by atoms with Crippen LogP contribution in [0, 0.1) is 11.3 Å². The Balaban J connectivity index is -0.00000000667. The summed E-state index contributed by atoms with van der Waals surface area (Å²) in [6.45, 7) is 1.43. The van der Waals surface area contributed by atoms with Gasteiger partial charge in [-0.05, 0) is 0 Å². The fourth-order valence-electron chi connectivity index (χ4n) is 0. The Morgan fingerprint density at radius 3 is 1.50 bits per heavy atom. The minimum Gasteiger partial charge on any atom is -0.412 e. The lowest BCUT2D eigenvalue weighted by atomic mass is 11.0. The fraction of sp³-hybridized carbons (Fsp3) is 0.500. The van der Waals surface area contributed by atoms with E-state index < -0.39 is 0 Å². The second kappa shape index (κ2) is 55.1. The van der Waals surface area contributed by atoms with Gasteiger partial charge in [-0.15, -0.1) is 17.0 Å². The molecule has 40 valence electrons. The summed E-state index contributed by atoms with van der Waals surface area (Å²) in [5, 5.41) is 7.32. The van der Waals surface area contributed by atoms with Crippen molar-refractivity contribution in [2.24, 2.45) is 0 Å². The van der Waals surface area contributed by atoms with Crippen molar-refractivity contribution < 1.29 is 5.48 Å². The molecule has 0 radical (unpaired) electrons. The highest BCUT2D eigenvalue weighted by atomic mass is 79.9. The van der Waals surface area contributed by atoms with Crippen LogP contribution in [0.4, 0.5) is 0 Å². The summed E-state index contributed by atoms with van der Waals surface area (Å²) >= 11 is 0. The first-order chi connectivity index (χ1) is 1.41. The molecule has 1 atom stereocenters. The normalized spacial score (nSPS) is 1.33. The maximum absolute atomic E-state index is 7.32. The molecule has 2 nitrogen and oxygen atoms in total. The molecule has 1 unspecified atom stereocenters. The number of hydrogen-bond acceptors (Lipinski definition) is 1. The molecule has 0 spiro atoms. The maximum Gasteiger partial charge on any atom is 0.0587 e. The van der Waals surface area contributed by atoms with E-state index in [1.54, 1.807) is 6.07 Å². The van der Waals surface area contributed by atoms with Crippen LogP contribution < -0.4 is 0 Å². The molecule has 0 aliphatic heterocycles. The Labute approximate surface area is 51.2 Å². The Morgan fingerprint density at radius 1 is 1.50 bits per heavy atom. The van der Waals surface area contributed by atoms with Crippen molar-refractivity contribution in [3.63, 3.8) is 0 Å². The molecule has 2 N–H and O–H groups in total. The van der Waals surface area contributed by atoms with Crippen molar-refractivity contribution in [2.45, 2.75) is 6.92 Å². The summed E-state index contributed by atoms with van der Waals surface area (Å²) in [6.07, 6.45) is 0. The quantitative estimate of drug-likeness (QED) is 0.488. The van der Waals surface area contributed by atoms with E-state index in [-0.39, 0.29) is 32.4 Å². The highest BCUT2D eigenvalue weighted by Crippen LogP contribution is 1.21. The SMILES string of the molecule is Br.CC#N.O.P. The molecule has 0 amide bonds. The van der Waals surface area contributed by atoms with Gasteiger partial charge >= 0.3 is 0 Å². The average molecular weight is 174 g/mol. The van der Waals surface area contributed by atoms with Crippen molar-refractivity contribution in [1.29, 1.82) is 5.26 Å². The third kappa shape index (κ3) is 380. The van der Waals surface area contributed by atoms with Gasteiger partial charge in [0.2, 0.25) is 0 Å². The van der Waals surface area contributed by atoms with Crippen LogP contribution in [0.5, 0.6) is 0 Å². The zero-order valence-electron chi connectivity index (χ0n) is 3.56. The zero-order chi connectivity index (χ0) is 2.71. The van der Waals surface area contributed by atoms with Crippen molar-refractivity contribution in [3.05, 3.63) is 0 Å². The number of rotatable bonds is 0. The number of halogens is 1. The second-order valence-corrected chi connectivity index (χ2v) is 0.224. The molecule has 0 saturated heterocycles. The number of hydrogen-bond donors (Lipinski definition) is 0. The molecule has 0 aromatic rings. The first-order valence-electron chi connectivity index (χ1n) is 0.724. The highest BCUT2D eigenvalue weighted by molar-refractivity contribution is 8.93. The van der Waals surface area contributed by atoms with Crippen molar-refractivity contribution in [2.75, 3.05) is 0 Å². The number of nitrogens with zero attached hydrogens (tertiary/aromatic N) is 1. The Kier molecular flexibility index (Phi) is 301. The van der Waals surface area contributed by atoms with Gasteiger partial charge in [0.15, 0.2) is 0 Å². The molecule has 0 aromatic heterocycles. The van der Waals surface area contributed by atoms with Crippen LogP contribution in [0.15, 0.2) is 0 Å².